The molecule has 0 spiro atoms. The van der Waals surface area contributed by atoms with Crippen LogP contribution in [-0.2, 0) is 4.65 Å². The van der Waals surface area contributed by atoms with Gasteiger partial charge in [-0.05, 0) is 6.07 Å². The Bertz CT molecular complexity index is 283. The van der Waals surface area contributed by atoms with Crippen LogP contribution in [0.3, 0.4) is 0 Å². The third-order valence-electron chi connectivity index (χ3n) is 0.983. The highest BCUT2D eigenvalue weighted by atomic mass is 19.4. The van der Waals surface area contributed by atoms with E-state index >= 15 is 0 Å². The quantitative estimate of drug-likeness (QED) is 0.726. The Morgan fingerprint density at radius 1 is 1.29 bits per heavy atom. The molecular formula is C5H4BF3N2O3. The van der Waals surface area contributed by atoms with E-state index in [-0.39, 0.29) is 0 Å². The minimum Gasteiger partial charge on any atom is -0.483 e. The molecule has 0 saturated carbocycles. The molecule has 1 rings (SSSR count). The summed E-state index contributed by atoms with van der Waals surface area (Å²) in [4.78, 5) is 6.82. The van der Waals surface area contributed by atoms with E-state index in [0.29, 0.717) is 0 Å². The van der Waals surface area contributed by atoms with Crippen molar-refractivity contribution in [3.63, 3.8) is 0 Å². The van der Waals surface area contributed by atoms with Gasteiger partial charge in [0.25, 0.3) is 0 Å². The number of halogens is 3. The average molecular weight is 208 g/mol. The zero-order valence-electron chi connectivity index (χ0n) is 6.60. The van der Waals surface area contributed by atoms with Crippen molar-refractivity contribution in [2.45, 2.75) is 6.36 Å². The van der Waals surface area contributed by atoms with Crippen molar-refractivity contribution in [2.75, 3.05) is 0 Å². The lowest BCUT2D eigenvalue weighted by molar-refractivity contribution is -0.288. The zero-order chi connectivity index (χ0) is 10.6. The van der Waals surface area contributed by atoms with Crippen molar-refractivity contribution in [2.24, 2.45) is 0 Å². The van der Waals surface area contributed by atoms with Gasteiger partial charge in [-0.3, -0.25) is 4.65 Å². The van der Waals surface area contributed by atoms with Crippen LogP contribution in [0.4, 0.5) is 13.2 Å². The fourth-order valence-electron chi connectivity index (χ4n) is 0.575. The van der Waals surface area contributed by atoms with Gasteiger partial charge in [0.1, 0.15) is 0 Å². The van der Waals surface area contributed by atoms with Gasteiger partial charge in [0.15, 0.2) is 0 Å². The van der Waals surface area contributed by atoms with E-state index in [4.69, 9.17) is 5.02 Å². The topological polar surface area (TPSA) is 64.5 Å². The van der Waals surface area contributed by atoms with Crippen molar-refractivity contribution in [3.8, 4) is 6.01 Å². The van der Waals surface area contributed by atoms with Crippen molar-refractivity contribution in [3.05, 3.63) is 18.5 Å². The van der Waals surface area contributed by atoms with Crippen LogP contribution in [0.25, 0.3) is 0 Å². The summed E-state index contributed by atoms with van der Waals surface area (Å²) in [5, 5.41) is 8.59. The molecule has 0 aliphatic heterocycles. The first-order valence-electron chi connectivity index (χ1n) is 3.34. The van der Waals surface area contributed by atoms with E-state index in [0.717, 1.165) is 0 Å². The molecule has 0 aliphatic rings. The van der Waals surface area contributed by atoms with Crippen LogP contribution in [0.5, 0.6) is 6.01 Å². The number of alkyl halides is 3. The van der Waals surface area contributed by atoms with E-state index in [1.165, 1.54) is 18.5 Å². The second-order valence-electron chi connectivity index (χ2n) is 2.02. The van der Waals surface area contributed by atoms with Gasteiger partial charge in [0.2, 0.25) is 0 Å². The molecule has 1 N–H and O–H groups in total. The highest BCUT2D eigenvalue weighted by molar-refractivity contribution is 6.35. The number of hydrogen-bond donors (Lipinski definition) is 1. The number of nitrogens with zero attached hydrogens (tertiary/aromatic N) is 2. The fourth-order valence-corrected chi connectivity index (χ4v) is 0.575. The molecule has 76 valence electrons. The summed E-state index contributed by atoms with van der Waals surface area (Å²) in [6, 6.07) is 1.02. The summed E-state index contributed by atoms with van der Waals surface area (Å²) in [7, 11) is -2.47. The van der Waals surface area contributed by atoms with Gasteiger partial charge in [-0.25, -0.2) is 9.97 Å². The standard InChI is InChI=1S/C5H4BF3N2O3/c7-5(8,9)14-6(12)13-4-10-2-1-3-11-4/h1-3,12H. The maximum atomic E-state index is 11.5. The monoisotopic (exact) mass is 208 g/mol. The molecule has 0 aromatic carbocycles. The van der Waals surface area contributed by atoms with E-state index in [1.54, 1.807) is 0 Å². The van der Waals surface area contributed by atoms with Crippen LogP contribution >= 0.6 is 0 Å². The predicted octanol–water partition coefficient (Wildman–Crippen LogP) is 0.369. The predicted molar refractivity (Wildman–Crippen MR) is 37.8 cm³/mol. The fraction of sp³-hybridized carbons (Fsp3) is 0.200. The van der Waals surface area contributed by atoms with Gasteiger partial charge >= 0.3 is 19.7 Å². The van der Waals surface area contributed by atoms with Crippen LogP contribution in [0, 0.1) is 0 Å². The summed E-state index contributed by atoms with van der Waals surface area (Å²) >= 11 is 0. The Labute approximate surface area is 76.7 Å². The summed E-state index contributed by atoms with van der Waals surface area (Å²) in [5.74, 6) is 0. The first kappa shape index (κ1) is 10.7. The molecule has 0 bridgehead atoms. The van der Waals surface area contributed by atoms with Gasteiger partial charge in [-0.1, -0.05) is 0 Å². The minimum absolute atomic E-state index is 0.413. The van der Waals surface area contributed by atoms with Crippen LogP contribution in [0.1, 0.15) is 0 Å². The molecule has 0 unspecified atom stereocenters. The second-order valence-corrected chi connectivity index (χ2v) is 2.02. The Morgan fingerprint density at radius 3 is 2.36 bits per heavy atom. The van der Waals surface area contributed by atoms with Gasteiger partial charge in [-0.15, -0.1) is 13.2 Å². The molecule has 0 amide bonds. The lowest BCUT2D eigenvalue weighted by Gasteiger charge is -2.09. The molecule has 0 fully saturated rings. The van der Waals surface area contributed by atoms with E-state index in [1.807, 2.05) is 0 Å². The van der Waals surface area contributed by atoms with Crippen LogP contribution in [0.2, 0.25) is 0 Å². The molecule has 0 aliphatic carbocycles. The Morgan fingerprint density at radius 2 is 1.86 bits per heavy atom. The van der Waals surface area contributed by atoms with E-state index in [9.17, 15) is 13.2 Å². The molecule has 0 atom stereocenters. The largest absolute Gasteiger partial charge is 0.718 e. The summed E-state index contributed by atoms with van der Waals surface area (Å²) < 4.78 is 41.8. The summed E-state index contributed by atoms with van der Waals surface area (Å²) in [6.45, 7) is 0. The third kappa shape index (κ3) is 4.05. The molecule has 0 saturated heterocycles. The Balaban J connectivity index is 2.46. The SMILES string of the molecule is OB(Oc1ncccn1)OC(F)(F)F. The Hall–Kier alpha value is -1.35. The van der Waals surface area contributed by atoms with Gasteiger partial charge < -0.3 is 9.68 Å². The first-order valence-corrected chi connectivity index (χ1v) is 3.34. The normalized spacial score (nSPS) is 11.1. The average Bonchev–Trinajstić information content (AvgIpc) is 2.02. The molecule has 0 radical (unpaired) electrons. The van der Waals surface area contributed by atoms with E-state index < -0.39 is 19.7 Å². The summed E-state index contributed by atoms with van der Waals surface area (Å²) in [6.07, 6.45) is -2.50. The first-order chi connectivity index (χ1) is 6.47. The van der Waals surface area contributed by atoms with Crippen molar-refractivity contribution in [1.82, 2.24) is 9.97 Å². The lowest BCUT2D eigenvalue weighted by Crippen LogP contribution is -2.33. The van der Waals surface area contributed by atoms with Gasteiger partial charge in [0, 0.05) is 12.4 Å². The molecule has 9 heteroatoms. The molecular weight excluding hydrogens is 204 g/mol. The minimum atomic E-state index is -4.98. The number of aromatic nitrogens is 2. The zero-order valence-corrected chi connectivity index (χ0v) is 6.60. The highest BCUT2D eigenvalue weighted by Gasteiger charge is 2.38. The third-order valence-corrected chi connectivity index (χ3v) is 0.983. The van der Waals surface area contributed by atoms with Gasteiger partial charge in [0.05, 0.1) is 0 Å². The molecule has 1 heterocycles. The molecule has 1 aromatic heterocycles. The molecule has 1 aromatic rings. The van der Waals surface area contributed by atoms with Gasteiger partial charge in [-0.2, -0.15) is 0 Å². The van der Waals surface area contributed by atoms with Crippen LogP contribution < -0.4 is 4.65 Å². The summed E-state index contributed by atoms with van der Waals surface area (Å²) in [5.41, 5.74) is 0. The maximum Gasteiger partial charge on any atom is 0.718 e. The van der Waals surface area contributed by atoms with Crippen molar-refractivity contribution >= 4 is 7.32 Å². The van der Waals surface area contributed by atoms with Crippen molar-refractivity contribution < 1.29 is 27.5 Å². The van der Waals surface area contributed by atoms with Crippen molar-refractivity contribution in [1.29, 1.82) is 0 Å². The molecule has 14 heavy (non-hydrogen) atoms. The smallest absolute Gasteiger partial charge is 0.483 e. The van der Waals surface area contributed by atoms with E-state index in [2.05, 4.69) is 19.3 Å². The molecule has 5 nitrogen and oxygen atoms in total. The lowest BCUT2D eigenvalue weighted by atomic mass is 10.2. The van der Waals surface area contributed by atoms with Crippen LogP contribution in [-0.4, -0.2) is 28.7 Å². The number of hydrogen-bond acceptors (Lipinski definition) is 5. The van der Waals surface area contributed by atoms with Crippen LogP contribution in [0.15, 0.2) is 18.5 Å². The number of rotatable bonds is 3. The Kier molecular flexibility index (Phi) is 3.25. The maximum absolute atomic E-state index is 11.5. The second kappa shape index (κ2) is 4.25. The highest BCUT2D eigenvalue weighted by Crippen LogP contribution is 2.17.